The third-order valence-corrected chi connectivity index (χ3v) is 7.32. The van der Waals surface area contributed by atoms with Crippen LogP contribution >= 0.6 is 0 Å². The molecule has 0 aliphatic carbocycles. The van der Waals surface area contributed by atoms with Crippen LogP contribution in [0.15, 0.2) is 23.1 Å². The van der Waals surface area contributed by atoms with Gasteiger partial charge in [-0.25, -0.2) is 8.42 Å². The number of aliphatic hydroxyl groups is 1. The van der Waals surface area contributed by atoms with Crippen molar-refractivity contribution >= 4 is 21.9 Å². The summed E-state index contributed by atoms with van der Waals surface area (Å²) < 4.78 is 32.6. The predicted molar refractivity (Wildman–Crippen MR) is 121 cm³/mol. The van der Waals surface area contributed by atoms with Crippen LogP contribution < -0.4 is 0 Å². The number of hydrogen-bond donors (Lipinski definition) is 1. The van der Waals surface area contributed by atoms with Crippen molar-refractivity contribution in [3.05, 3.63) is 29.3 Å². The molecule has 2 unspecified atom stereocenters. The van der Waals surface area contributed by atoms with Crippen LogP contribution in [0.25, 0.3) is 0 Å². The zero-order chi connectivity index (χ0) is 24.2. The summed E-state index contributed by atoms with van der Waals surface area (Å²) in [7, 11) is -4.01. The van der Waals surface area contributed by atoms with Gasteiger partial charge in [0.05, 0.1) is 11.0 Å². The molecular formula is C23H36N2O6S. The molecule has 9 heteroatoms. The minimum Gasteiger partial charge on any atom is -0.454 e. The normalized spacial score (nSPS) is 19.5. The predicted octanol–water partition coefficient (Wildman–Crippen LogP) is 2.11. The van der Waals surface area contributed by atoms with Crippen LogP contribution in [0.2, 0.25) is 0 Å². The van der Waals surface area contributed by atoms with E-state index in [0.29, 0.717) is 13.1 Å². The van der Waals surface area contributed by atoms with Crippen molar-refractivity contribution in [1.82, 2.24) is 9.21 Å². The van der Waals surface area contributed by atoms with Crippen molar-refractivity contribution in [2.45, 2.75) is 65.0 Å². The van der Waals surface area contributed by atoms with E-state index in [1.165, 1.54) is 6.07 Å². The number of sulfonamides is 1. The van der Waals surface area contributed by atoms with Gasteiger partial charge >= 0.3 is 5.97 Å². The van der Waals surface area contributed by atoms with Gasteiger partial charge in [0.25, 0.3) is 5.91 Å². The van der Waals surface area contributed by atoms with Gasteiger partial charge in [-0.05, 0) is 48.9 Å². The largest absolute Gasteiger partial charge is 0.454 e. The highest BCUT2D eigenvalue weighted by Crippen LogP contribution is 2.28. The summed E-state index contributed by atoms with van der Waals surface area (Å²) in [6.07, 6.45) is -1.05. The molecule has 1 aliphatic rings. The lowest BCUT2D eigenvalue weighted by Crippen LogP contribution is -2.44. The Morgan fingerprint density at radius 2 is 1.72 bits per heavy atom. The van der Waals surface area contributed by atoms with Crippen LogP contribution in [0.1, 0.15) is 45.2 Å². The maximum Gasteiger partial charge on any atom is 0.325 e. The number of hydrogen-bond acceptors (Lipinski definition) is 6. The highest BCUT2D eigenvalue weighted by atomic mass is 32.2. The lowest BCUT2D eigenvalue weighted by atomic mass is 10.1. The van der Waals surface area contributed by atoms with Gasteiger partial charge in [-0.1, -0.05) is 33.8 Å². The van der Waals surface area contributed by atoms with Crippen molar-refractivity contribution in [1.29, 1.82) is 0 Å². The first-order valence-electron chi connectivity index (χ1n) is 11.0. The standard InChI is InChI=1S/C23H36N2O6S/c1-15(2)11-24(12-16(3)4)22(27)14-31-23(28)21-10-19(26)13-25(21)32(29,30)20-8-7-17(5)18(6)9-20/h7-9,15-16,19,21,26H,10-14H2,1-6H3. The number of ether oxygens (including phenoxy) is 1. The Labute approximate surface area is 191 Å². The monoisotopic (exact) mass is 468 g/mol. The third kappa shape index (κ3) is 6.52. The number of carbonyl (C=O) groups is 2. The molecule has 0 radical (unpaired) electrons. The van der Waals surface area contributed by atoms with Gasteiger partial charge < -0.3 is 14.7 Å². The fourth-order valence-electron chi connectivity index (χ4n) is 3.75. The van der Waals surface area contributed by atoms with Crippen LogP contribution in [-0.2, 0) is 24.3 Å². The van der Waals surface area contributed by atoms with E-state index in [1.54, 1.807) is 17.0 Å². The van der Waals surface area contributed by atoms with E-state index in [0.717, 1.165) is 15.4 Å². The van der Waals surface area contributed by atoms with Gasteiger partial charge in [0.15, 0.2) is 6.61 Å². The van der Waals surface area contributed by atoms with Crippen molar-refractivity contribution in [2.24, 2.45) is 11.8 Å². The maximum atomic E-state index is 13.2. The van der Waals surface area contributed by atoms with Crippen LogP contribution in [0.3, 0.4) is 0 Å². The van der Waals surface area contributed by atoms with Crippen molar-refractivity contribution in [3.63, 3.8) is 0 Å². The Morgan fingerprint density at radius 3 is 2.25 bits per heavy atom. The number of aliphatic hydroxyl groups excluding tert-OH is 1. The molecule has 0 saturated carbocycles. The van der Waals surface area contributed by atoms with E-state index in [1.807, 2.05) is 41.5 Å². The maximum absolute atomic E-state index is 13.2. The minimum absolute atomic E-state index is 0.0589. The molecule has 1 heterocycles. The third-order valence-electron chi connectivity index (χ3n) is 5.45. The summed E-state index contributed by atoms with van der Waals surface area (Å²) in [5.41, 5.74) is 1.76. The van der Waals surface area contributed by atoms with Gasteiger partial charge in [-0.3, -0.25) is 9.59 Å². The van der Waals surface area contributed by atoms with Crippen LogP contribution in [0, 0.1) is 25.7 Å². The summed E-state index contributed by atoms with van der Waals surface area (Å²) in [6, 6.07) is 3.58. The number of β-amino-alcohol motifs (C(OH)–C–C–N with tert-alkyl or cyclic N) is 1. The van der Waals surface area contributed by atoms with Gasteiger partial charge in [-0.15, -0.1) is 0 Å². The summed E-state index contributed by atoms with van der Waals surface area (Å²) in [6.45, 7) is 12.1. The number of rotatable bonds is 9. The Kier molecular flexibility index (Phi) is 8.84. The number of amides is 1. The summed E-state index contributed by atoms with van der Waals surface area (Å²) >= 11 is 0. The van der Waals surface area contributed by atoms with E-state index in [4.69, 9.17) is 4.74 Å². The van der Waals surface area contributed by atoms with E-state index < -0.39 is 34.7 Å². The van der Waals surface area contributed by atoms with Crippen LogP contribution in [-0.4, -0.2) is 73.0 Å². The quantitative estimate of drug-likeness (QED) is 0.557. The van der Waals surface area contributed by atoms with Crippen molar-refractivity contribution < 1.29 is 27.9 Å². The fourth-order valence-corrected chi connectivity index (χ4v) is 5.47. The van der Waals surface area contributed by atoms with Gasteiger partial charge in [0.1, 0.15) is 6.04 Å². The topological polar surface area (TPSA) is 104 Å². The van der Waals surface area contributed by atoms with E-state index in [-0.39, 0.29) is 35.6 Å². The Bertz CT molecular complexity index is 918. The summed E-state index contributed by atoms with van der Waals surface area (Å²) in [4.78, 5) is 27.1. The molecule has 8 nitrogen and oxygen atoms in total. The smallest absolute Gasteiger partial charge is 0.325 e. The van der Waals surface area contributed by atoms with Crippen LogP contribution in [0.4, 0.5) is 0 Å². The number of carbonyl (C=O) groups excluding carboxylic acids is 2. The van der Waals surface area contributed by atoms with E-state index >= 15 is 0 Å². The van der Waals surface area contributed by atoms with E-state index in [2.05, 4.69) is 0 Å². The molecule has 2 atom stereocenters. The number of nitrogens with zero attached hydrogens (tertiary/aromatic N) is 2. The van der Waals surface area contributed by atoms with Crippen LogP contribution in [0.5, 0.6) is 0 Å². The highest BCUT2D eigenvalue weighted by molar-refractivity contribution is 7.89. The molecular weight excluding hydrogens is 432 g/mol. The molecule has 1 N–H and O–H groups in total. The molecule has 1 aliphatic heterocycles. The van der Waals surface area contributed by atoms with E-state index in [9.17, 15) is 23.1 Å². The molecule has 1 aromatic rings. The Balaban J connectivity index is 2.14. The summed E-state index contributed by atoms with van der Waals surface area (Å²) in [5.74, 6) is -0.617. The average molecular weight is 469 g/mol. The Morgan fingerprint density at radius 1 is 1.12 bits per heavy atom. The van der Waals surface area contributed by atoms with Gasteiger partial charge in [0.2, 0.25) is 10.0 Å². The lowest BCUT2D eigenvalue weighted by Gasteiger charge is -2.27. The molecule has 1 aromatic carbocycles. The Hall–Kier alpha value is -1.97. The zero-order valence-corrected chi connectivity index (χ0v) is 20.7. The molecule has 2 rings (SSSR count). The first kappa shape index (κ1) is 26.3. The summed E-state index contributed by atoms with van der Waals surface area (Å²) in [5, 5.41) is 10.1. The second-order valence-corrected chi connectivity index (χ2v) is 11.3. The van der Waals surface area contributed by atoms with Crippen molar-refractivity contribution in [2.75, 3.05) is 26.2 Å². The minimum atomic E-state index is -4.01. The van der Waals surface area contributed by atoms with Crippen molar-refractivity contribution in [3.8, 4) is 0 Å². The first-order chi connectivity index (χ1) is 14.8. The second-order valence-electron chi connectivity index (χ2n) is 9.42. The molecule has 1 amide bonds. The second kappa shape index (κ2) is 10.8. The highest BCUT2D eigenvalue weighted by Gasteiger charge is 2.44. The molecule has 0 bridgehead atoms. The zero-order valence-electron chi connectivity index (χ0n) is 19.9. The molecule has 0 spiro atoms. The average Bonchev–Trinajstić information content (AvgIpc) is 3.09. The number of esters is 1. The lowest BCUT2D eigenvalue weighted by molar-refractivity contribution is -0.155. The SMILES string of the molecule is Cc1ccc(S(=O)(=O)N2CC(O)CC2C(=O)OCC(=O)N(CC(C)C)CC(C)C)cc1C. The molecule has 1 saturated heterocycles. The number of benzene rings is 1. The van der Waals surface area contributed by atoms with Gasteiger partial charge in [-0.2, -0.15) is 4.31 Å². The molecule has 1 fully saturated rings. The molecule has 0 aromatic heterocycles. The first-order valence-corrected chi connectivity index (χ1v) is 12.5. The fraction of sp³-hybridized carbons (Fsp3) is 0.652. The number of aryl methyl sites for hydroxylation is 2. The van der Waals surface area contributed by atoms with Gasteiger partial charge in [0, 0.05) is 26.1 Å². The molecule has 32 heavy (non-hydrogen) atoms. The molecule has 180 valence electrons.